The molecule has 0 spiro atoms. The standard InChI is InChI=1S/C20H26N4O3/c1-15-3-5-17(6-4-15)13-27-20(26)24-9-7-16(8-10-24)11-22-19(25)18-12-21-14-23(18)2/h3-6,12,14,16H,7-11,13H2,1-2H3,(H,22,25). The van der Waals surface area contributed by atoms with Gasteiger partial charge in [-0.2, -0.15) is 0 Å². The van der Waals surface area contributed by atoms with Crippen LogP contribution in [0, 0.1) is 12.8 Å². The largest absolute Gasteiger partial charge is 0.445 e. The Labute approximate surface area is 159 Å². The fourth-order valence-corrected chi connectivity index (χ4v) is 3.14. The van der Waals surface area contributed by atoms with Crippen LogP contribution in [0.3, 0.4) is 0 Å². The predicted octanol–water partition coefficient (Wildman–Crippen LogP) is 2.51. The van der Waals surface area contributed by atoms with Crippen molar-refractivity contribution >= 4 is 12.0 Å². The number of carbonyl (C=O) groups excluding carboxylic acids is 2. The molecule has 27 heavy (non-hydrogen) atoms. The molecule has 0 bridgehead atoms. The van der Waals surface area contributed by atoms with Crippen LogP contribution in [0.15, 0.2) is 36.8 Å². The van der Waals surface area contributed by atoms with Crippen LogP contribution in [0.2, 0.25) is 0 Å². The summed E-state index contributed by atoms with van der Waals surface area (Å²) in [6.07, 6.45) is 4.60. The lowest BCUT2D eigenvalue weighted by Gasteiger charge is -2.31. The number of rotatable bonds is 5. The van der Waals surface area contributed by atoms with Gasteiger partial charge >= 0.3 is 6.09 Å². The number of aromatic nitrogens is 2. The van der Waals surface area contributed by atoms with E-state index < -0.39 is 0 Å². The van der Waals surface area contributed by atoms with Crippen LogP contribution in [0.25, 0.3) is 0 Å². The zero-order valence-corrected chi connectivity index (χ0v) is 15.9. The summed E-state index contributed by atoms with van der Waals surface area (Å²) in [6.45, 7) is 4.23. The average molecular weight is 370 g/mol. The topological polar surface area (TPSA) is 76.5 Å². The summed E-state index contributed by atoms with van der Waals surface area (Å²) < 4.78 is 7.11. The minimum absolute atomic E-state index is 0.116. The van der Waals surface area contributed by atoms with Gasteiger partial charge in [0, 0.05) is 26.7 Å². The van der Waals surface area contributed by atoms with Gasteiger partial charge in [0.15, 0.2) is 0 Å². The predicted molar refractivity (Wildman–Crippen MR) is 101 cm³/mol. The highest BCUT2D eigenvalue weighted by Gasteiger charge is 2.24. The molecule has 144 valence electrons. The first-order chi connectivity index (χ1) is 13.0. The SMILES string of the molecule is Cc1ccc(COC(=O)N2CCC(CNC(=O)c3cncn3C)CC2)cc1. The second-order valence-corrected chi connectivity index (χ2v) is 7.07. The van der Waals surface area contributed by atoms with Gasteiger partial charge in [-0.15, -0.1) is 0 Å². The number of imidazole rings is 1. The van der Waals surface area contributed by atoms with Gasteiger partial charge in [0.2, 0.25) is 0 Å². The van der Waals surface area contributed by atoms with Crippen LogP contribution in [-0.4, -0.2) is 46.1 Å². The second kappa shape index (κ2) is 8.70. The summed E-state index contributed by atoms with van der Waals surface area (Å²) >= 11 is 0. The molecule has 0 radical (unpaired) electrons. The minimum Gasteiger partial charge on any atom is -0.445 e. The fourth-order valence-electron chi connectivity index (χ4n) is 3.14. The number of nitrogens with one attached hydrogen (secondary N) is 1. The number of ether oxygens (including phenoxy) is 1. The highest BCUT2D eigenvalue weighted by Crippen LogP contribution is 2.18. The number of aryl methyl sites for hydroxylation is 2. The number of hydrogen-bond donors (Lipinski definition) is 1. The molecule has 1 saturated heterocycles. The van der Waals surface area contributed by atoms with Crippen LogP contribution >= 0.6 is 0 Å². The first-order valence-electron chi connectivity index (χ1n) is 9.24. The van der Waals surface area contributed by atoms with E-state index in [1.807, 2.05) is 31.2 Å². The van der Waals surface area contributed by atoms with Crippen molar-refractivity contribution in [3.05, 3.63) is 53.6 Å². The van der Waals surface area contributed by atoms with Gasteiger partial charge in [-0.1, -0.05) is 29.8 Å². The molecule has 0 aliphatic carbocycles. The number of hydrogen-bond acceptors (Lipinski definition) is 4. The molecule has 7 heteroatoms. The molecule has 2 aromatic rings. The van der Waals surface area contributed by atoms with Crippen LogP contribution < -0.4 is 5.32 Å². The quantitative estimate of drug-likeness (QED) is 0.877. The third-order valence-electron chi connectivity index (χ3n) is 4.96. The molecule has 0 unspecified atom stereocenters. The molecule has 1 aromatic heterocycles. The number of carbonyl (C=O) groups is 2. The number of likely N-dealkylation sites (tertiary alicyclic amines) is 1. The van der Waals surface area contributed by atoms with Crippen molar-refractivity contribution in [2.24, 2.45) is 13.0 Å². The smallest absolute Gasteiger partial charge is 0.410 e. The van der Waals surface area contributed by atoms with Crippen molar-refractivity contribution in [2.45, 2.75) is 26.4 Å². The molecule has 1 fully saturated rings. The molecule has 1 aromatic carbocycles. The van der Waals surface area contributed by atoms with Crippen molar-refractivity contribution in [1.29, 1.82) is 0 Å². The van der Waals surface area contributed by atoms with E-state index in [-0.39, 0.29) is 12.0 Å². The van der Waals surface area contributed by atoms with Gasteiger partial charge in [-0.3, -0.25) is 4.79 Å². The van der Waals surface area contributed by atoms with Crippen LogP contribution in [-0.2, 0) is 18.4 Å². The maximum absolute atomic E-state index is 12.2. The molecule has 7 nitrogen and oxygen atoms in total. The Morgan fingerprint density at radius 2 is 1.93 bits per heavy atom. The van der Waals surface area contributed by atoms with Gasteiger partial charge < -0.3 is 19.5 Å². The normalized spacial score (nSPS) is 14.8. The highest BCUT2D eigenvalue weighted by molar-refractivity contribution is 5.92. The Balaban J connectivity index is 1.38. The molecule has 3 rings (SSSR count). The summed E-state index contributed by atoms with van der Waals surface area (Å²) in [4.78, 5) is 30.1. The zero-order valence-electron chi connectivity index (χ0n) is 15.9. The average Bonchev–Trinajstić information content (AvgIpc) is 3.12. The van der Waals surface area contributed by atoms with E-state index in [0.717, 1.165) is 18.4 Å². The first kappa shape index (κ1) is 18.9. The van der Waals surface area contributed by atoms with Crippen molar-refractivity contribution in [3.8, 4) is 0 Å². The van der Waals surface area contributed by atoms with Crippen LogP contribution in [0.1, 0.15) is 34.5 Å². The van der Waals surface area contributed by atoms with Gasteiger partial charge in [0.25, 0.3) is 5.91 Å². The first-order valence-corrected chi connectivity index (χ1v) is 9.24. The lowest BCUT2D eigenvalue weighted by Crippen LogP contribution is -2.41. The summed E-state index contributed by atoms with van der Waals surface area (Å²) in [5, 5.41) is 2.96. The van der Waals surface area contributed by atoms with Crippen LogP contribution in [0.4, 0.5) is 4.79 Å². The van der Waals surface area contributed by atoms with E-state index in [2.05, 4.69) is 10.3 Å². The van der Waals surface area contributed by atoms with E-state index >= 15 is 0 Å². The maximum Gasteiger partial charge on any atom is 0.410 e. The summed E-state index contributed by atoms with van der Waals surface area (Å²) in [7, 11) is 1.79. The maximum atomic E-state index is 12.2. The molecule has 1 aliphatic heterocycles. The molecule has 2 heterocycles. The van der Waals surface area contributed by atoms with Gasteiger partial charge in [-0.05, 0) is 31.2 Å². The Morgan fingerprint density at radius 1 is 1.22 bits per heavy atom. The summed E-state index contributed by atoms with van der Waals surface area (Å²) in [6, 6.07) is 7.96. The third kappa shape index (κ3) is 5.09. The molecule has 0 atom stereocenters. The number of nitrogens with zero attached hydrogens (tertiary/aromatic N) is 3. The Bertz CT molecular complexity index is 777. The molecule has 0 saturated carbocycles. The van der Waals surface area contributed by atoms with Gasteiger partial charge in [-0.25, -0.2) is 9.78 Å². The van der Waals surface area contributed by atoms with E-state index in [0.29, 0.717) is 37.9 Å². The minimum atomic E-state index is -0.270. The summed E-state index contributed by atoms with van der Waals surface area (Å²) in [5.41, 5.74) is 2.72. The Kier molecular flexibility index (Phi) is 6.11. The third-order valence-corrected chi connectivity index (χ3v) is 4.96. The lowest BCUT2D eigenvalue weighted by molar-refractivity contribution is 0.0799. The molecule has 1 aliphatic rings. The second-order valence-electron chi connectivity index (χ2n) is 7.07. The highest BCUT2D eigenvalue weighted by atomic mass is 16.6. The lowest BCUT2D eigenvalue weighted by atomic mass is 9.97. The number of piperidine rings is 1. The zero-order chi connectivity index (χ0) is 19.2. The Hall–Kier alpha value is -2.83. The molecule has 1 N–H and O–H groups in total. The van der Waals surface area contributed by atoms with Gasteiger partial charge in [0.05, 0.1) is 12.5 Å². The van der Waals surface area contributed by atoms with Crippen molar-refractivity contribution in [1.82, 2.24) is 19.8 Å². The van der Waals surface area contributed by atoms with E-state index in [1.54, 1.807) is 29.0 Å². The number of benzene rings is 1. The summed E-state index contributed by atoms with van der Waals surface area (Å²) in [5.74, 6) is 0.248. The Morgan fingerprint density at radius 3 is 2.56 bits per heavy atom. The van der Waals surface area contributed by atoms with E-state index in [1.165, 1.54) is 5.56 Å². The number of amides is 2. The monoisotopic (exact) mass is 370 g/mol. The van der Waals surface area contributed by atoms with E-state index in [9.17, 15) is 9.59 Å². The molecule has 2 amide bonds. The van der Waals surface area contributed by atoms with E-state index in [4.69, 9.17) is 4.74 Å². The van der Waals surface area contributed by atoms with Crippen molar-refractivity contribution in [2.75, 3.05) is 19.6 Å². The van der Waals surface area contributed by atoms with Crippen LogP contribution in [0.5, 0.6) is 0 Å². The molecular weight excluding hydrogens is 344 g/mol. The van der Waals surface area contributed by atoms with Crippen molar-refractivity contribution in [3.63, 3.8) is 0 Å². The fraction of sp³-hybridized carbons (Fsp3) is 0.450. The molecular formula is C20H26N4O3. The van der Waals surface area contributed by atoms with Gasteiger partial charge in [0.1, 0.15) is 12.3 Å². The van der Waals surface area contributed by atoms with Crippen molar-refractivity contribution < 1.29 is 14.3 Å².